The molecule has 0 saturated carbocycles. The molecule has 2 heterocycles. The fraction of sp³-hybridized carbons (Fsp3) is 0.333. The Hall–Kier alpha value is -1.88. The van der Waals surface area contributed by atoms with Crippen LogP contribution in [-0.4, -0.2) is 14.7 Å². The van der Waals surface area contributed by atoms with Crippen LogP contribution < -0.4 is 5.56 Å². The summed E-state index contributed by atoms with van der Waals surface area (Å²) in [5.74, 6) is 1.77. The Morgan fingerprint density at radius 2 is 2.06 bits per heavy atom. The van der Waals surface area contributed by atoms with Crippen molar-refractivity contribution in [2.75, 3.05) is 0 Å². The van der Waals surface area contributed by atoms with Gasteiger partial charge in [0.15, 0.2) is 0 Å². The minimum absolute atomic E-state index is 0.100. The summed E-state index contributed by atoms with van der Waals surface area (Å²) in [5, 5.41) is 8.89. The summed E-state index contributed by atoms with van der Waals surface area (Å²) in [6.07, 6.45) is 0. The van der Waals surface area contributed by atoms with Crippen molar-refractivity contribution in [3.05, 3.63) is 51.6 Å². The predicted octanol–water partition coefficient (Wildman–Crippen LogP) is 0.994. The Morgan fingerprint density at radius 3 is 2.65 bits per heavy atom. The molecular weight excluding hydrogens is 220 g/mol. The minimum Gasteiger partial charge on any atom is -0.462 e. The van der Waals surface area contributed by atoms with Crippen LogP contribution in [0.25, 0.3) is 0 Å². The molecule has 0 fully saturated rings. The molecule has 0 spiro atoms. The Labute approximate surface area is 98.3 Å². The molecule has 0 unspecified atom stereocenters. The lowest BCUT2D eigenvalue weighted by atomic mass is 10.4. The van der Waals surface area contributed by atoms with Crippen LogP contribution in [0.4, 0.5) is 0 Å². The fourth-order valence-corrected chi connectivity index (χ4v) is 1.70. The molecule has 1 N–H and O–H groups in total. The summed E-state index contributed by atoms with van der Waals surface area (Å²) < 4.78 is 6.87. The molecule has 0 aromatic carbocycles. The highest BCUT2D eigenvalue weighted by Crippen LogP contribution is 2.09. The molecule has 17 heavy (non-hydrogen) atoms. The third-order valence-corrected chi connectivity index (χ3v) is 2.51. The van der Waals surface area contributed by atoms with Crippen LogP contribution in [0.15, 0.2) is 27.4 Å². The van der Waals surface area contributed by atoms with Crippen LogP contribution in [0.1, 0.15) is 23.0 Å². The molecule has 0 amide bonds. The quantitative estimate of drug-likeness (QED) is 0.860. The highest BCUT2D eigenvalue weighted by atomic mass is 16.4. The Bertz CT molecular complexity index is 584. The van der Waals surface area contributed by atoms with Crippen LogP contribution in [0.3, 0.4) is 0 Å². The van der Waals surface area contributed by atoms with Crippen molar-refractivity contribution < 1.29 is 9.52 Å². The molecule has 0 aliphatic heterocycles. The van der Waals surface area contributed by atoms with Gasteiger partial charge >= 0.3 is 0 Å². The molecule has 2 aromatic heterocycles. The molecule has 0 aliphatic rings. The number of aryl methyl sites for hydroxylation is 2. The van der Waals surface area contributed by atoms with E-state index < -0.39 is 0 Å². The first-order chi connectivity index (χ1) is 8.10. The second-order valence-electron chi connectivity index (χ2n) is 3.90. The number of hydrogen-bond acceptors (Lipinski definition) is 4. The van der Waals surface area contributed by atoms with E-state index in [1.54, 1.807) is 26.0 Å². The van der Waals surface area contributed by atoms with Gasteiger partial charge in [-0.15, -0.1) is 0 Å². The third kappa shape index (κ3) is 2.45. The summed E-state index contributed by atoms with van der Waals surface area (Å²) in [5.41, 5.74) is 0.608. The van der Waals surface area contributed by atoms with Crippen LogP contribution in [0.5, 0.6) is 0 Å². The molecule has 2 rings (SSSR count). The first-order valence-corrected chi connectivity index (χ1v) is 5.33. The highest BCUT2D eigenvalue weighted by Gasteiger charge is 2.07. The van der Waals surface area contributed by atoms with E-state index >= 15 is 0 Å². The van der Waals surface area contributed by atoms with E-state index in [1.807, 2.05) is 0 Å². The number of aliphatic hydroxyl groups is 1. The van der Waals surface area contributed by atoms with Gasteiger partial charge in [-0.3, -0.25) is 9.36 Å². The number of aliphatic hydroxyl groups excluding tert-OH is 1. The highest BCUT2D eigenvalue weighted by molar-refractivity contribution is 5.09. The van der Waals surface area contributed by atoms with E-state index in [1.165, 1.54) is 10.6 Å². The summed E-state index contributed by atoms with van der Waals surface area (Å²) in [6, 6.07) is 4.93. The lowest BCUT2D eigenvalue weighted by molar-refractivity contribution is 0.243. The van der Waals surface area contributed by atoms with Gasteiger partial charge in [-0.2, -0.15) is 0 Å². The summed E-state index contributed by atoms with van der Waals surface area (Å²) in [6.45, 7) is 3.76. The van der Waals surface area contributed by atoms with Crippen LogP contribution in [0.2, 0.25) is 0 Å². The molecule has 2 aromatic rings. The molecule has 0 bridgehead atoms. The van der Waals surface area contributed by atoms with Crippen molar-refractivity contribution in [1.82, 2.24) is 9.55 Å². The zero-order valence-corrected chi connectivity index (χ0v) is 9.80. The molecule has 5 heteroatoms. The van der Waals surface area contributed by atoms with Gasteiger partial charge in [-0.1, -0.05) is 0 Å². The van der Waals surface area contributed by atoms with E-state index in [0.717, 1.165) is 0 Å². The van der Waals surface area contributed by atoms with Crippen molar-refractivity contribution >= 4 is 0 Å². The Balaban J connectivity index is 2.33. The molecule has 90 valence electrons. The summed E-state index contributed by atoms with van der Waals surface area (Å²) in [4.78, 5) is 16.0. The van der Waals surface area contributed by atoms with E-state index in [9.17, 15) is 4.79 Å². The fourth-order valence-electron chi connectivity index (χ4n) is 1.70. The van der Waals surface area contributed by atoms with Crippen LogP contribution in [-0.2, 0) is 13.2 Å². The van der Waals surface area contributed by atoms with Crippen LogP contribution in [0, 0.1) is 13.8 Å². The molecule has 0 radical (unpaired) electrons. The van der Waals surface area contributed by atoms with Crippen molar-refractivity contribution in [1.29, 1.82) is 0 Å². The third-order valence-electron chi connectivity index (χ3n) is 2.51. The smallest absolute Gasteiger partial charge is 0.254 e. The van der Waals surface area contributed by atoms with Crippen molar-refractivity contribution in [3.63, 3.8) is 0 Å². The standard InChI is InChI=1S/C12H14N2O3/c1-8-5-12(16)14(9(2)13-8)6-10-3-4-11(7-15)17-10/h3-5,15H,6-7H2,1-2H3. The van der Waals surface area contributed by atoms with Crippen LogP contribution >= 0.6 is 0 Å². The average Bonchev–Trinajstić information content (AvgIpc) is 2.71. The van der Waals surface area contributed by atoms with E-state index in [0.29, 0.717) is 29.6 Å². The second kappa shape index (κ2) is 4.55. The monoisotopic (exact) mass is 234 g/mol. The van der Waals surface area contributed by atoms with E-state index in [2.05, 4.69) is 4.98 Å². The van der Waals surface area contributed by atoms with E-state index in [4.69, 9.17) is 9.52 Å². The lowest BCUT2D eigenvalue weighted by Crippen LogP contribution is -2.23. The zero-order chi connectivity index (χ0) is 12.4. The second-order valence-corrected chi connectivity index (χ2v) is 3.90. The maximum absolute atomic E-state index is 11.8. The largest absolute Gasteiger partial charge is 0.462 e. The molecule has 0 saturated heterocycles. The minimum atomic E-state index is -0.139. The maximum atomic E-state index is 11.8. The van der Waals surface area contributed by atoms with Crippen molar-refractivity contribution in [2.24, 2.45) is 0 Å². The lowest BCUT2D eigenvalue weighted by Gasteiger charge is -2.07. The van der Waals surface area contributed by atoms with Crippen molar-refractivity contribution in [2.45, 2.75) is 27.0 Å². The number of nitrogens with zero attached hydrogens (tertiary/aromatic N) is 2. The maximum Gasteiger partial charge on any atom is 0.254 e. The Kier molecular flexibility index (Phi) is 3.10. The van der Waals surface area contributed by atoms with Gasteiger partial charge in [-0.05, 0) is 26.0 Å². The first-order valence-electron chi connectivity index (χ1n) is 5.33. The van der Waals surface area contributed by atoms with Gasteiger partial charge < -0.3 is 9.52 Å². The summed E-state index contributed by atoms with van der Waals surface area (Å²) in [7, 11) is 0. The topological polar surface area (TPSA) is 68.3 Å². The van der Waals surface area contributed by atoms with Gasteiger partial charge in [0.25, 0.3) is 5.56 Å². The summed E-state index contributed by atoms with van der Waals surface area (Å²) >= 11 is 0. The van der Waals surface area contributed by atoms with Gasteiger partial charge in [0.1, 0.15) is 24.0 Å². The number of rotatable bonds is 3. The normalized spacial score (nSPS) is 10.8. The molecular formula is C12H14N2O3. The Morgan fingerprint density at radius 1 is 1.35 bits per heavy atom. The van der Waals surface area contributed by atoms with Crippen molar-refractivity contribution in [3.8, 4) is 0 Å². The molecule has 0 aliphatic carbocycles. The zero-order valence-electron chi connectivity index (χ0n) is 9.80. The average molecular weight is 234 g/mol. The molecule has 0 atom stereocenters. The number of aromatic nitrogens is 2. The molecule has 5 nitrogen and oxygen atoms in total. The first kappa shape index (κ1) is 11.6. The number of hydrogen-bond donors (Lipinski definition) is 1. The van der Waals surface area contributed by atoms with Gasteiger partial charge in [0.05, 0.1) is 6.54 Å². The number of furan rings is 1. The van der Waals surface area contributed by atoms with Gasteiger partial charge in [0.2, 0.25) is 0 Å². The van der Waals surface area contributed by atoms with Gasteiger partial charge in [0, 0.05) is 11.8 Å². The predicted molar refractivity (Wildman–Crippen MR) is 61.7 cm³/mol. The van der Waals surface area contributed by atoms with Gasteiger partial charge in [-0.25, -0.2) is 4.98 Å². The van der Waals surface area contributed by atoms with E-state index in [-0.39, 0.29) is 12.2 Å². The SMILES string of the molecule is Cc1cc(=O)n(Cc2ccc(CO)o2)c(C)n1.